The first kappa shape index (κ1) is 18.1. The standard InChI is InChI=1S/C17H22F2N2O.ClH/c1-2-8-21(11-6-7-20-10-11)17(22)13-9-12(13)16-14(18)4-3-5-15(16)19;/h3-5,11-13,20H,2,6-10H2,1H3;1H. The predicted octanol–water partition coefficient (Wildman–Crippen LogP) is 3.09. The van der Waals surface area contributed by atoms with E-state index in [1.165, 1.54) is 18.2 Å². The number of carbonyl (C=O) groups is 1. The average Bonchev–Trinajstić information content (AvgIpc) is 3.08. The Bertz CT molecular complexity index is 543. The van der Waals surface area contributed by atoms with Crippen molar-refractivity contribution in [1.29, 1.82) is 0 Å². The highest BCUT2D eigenvalue weighted by atomic mass is 35.5. The molecule has 1 aromatic carbocycles. The third-order valence-electron chi connectivity index (χ3n) is 4.70. The summed E-state index contributed by atoms with van der Waals surface area (Å²) >= 11 is 0. The number of halogens is 3. The van der Waals surface area contributed by atoms with Gasteiger partial charge >= 0.3 is 0 Å². The fraction of sp³-hybridized carbons (Fsp3) is 0.588. The van der Waals surface area contributed by atoms with Gasteiger partial charge in [0.25, 0.3) is 0 Å². The van der Waals surface area contributed by atoms with Gasteiger partial charge in [0.2, 0.25) is 5.91 Å². The fourth-order valence-electron chi connectivity index (χ4n) is 3.48. The van der Waals surface area contributed by atoms with Gasteiger partial charge in [-0.2, -0.15) is 0 Å². The topological polar surface area (TPSA) is 32.3 Å². The average molecular weight is 345 g/mol. The Labute approximate surface area is 141 Å². The minimum atomic E-state index is -0.537. The van der Waals surface area contributed by atoms with E-state index in [0.717, 1.165) is 25.9 Å². The first-order valence-corrected chi connectivity index (χ1v) is 8.08. The Morgan fingerprint density at radius 1 is 1.35 bits per heavy atom. The van der Waals surface area contributed by atoms with E-state index in [1.54, 1.807) is 0 Å². The molecule has 128 valence electrons. The largest absolute Gasteiger partial charge is 0.338 e. The Morgan fingerprint density at radius 3 is 2.61 bits per heavy atom. The van der Waals surface area contributed by atoms with E-state index in [2.05, 4.69) is 5.32 Å². The van der Waals surface area contributed by atoms with Crippen molar-refractivity contribution in [2.24, 2.45) is 5.92 Å². The van der Waals surface area contributed by atoms with Crippen molar-refractivity contribution in [3.8, 4) is 0 Å². The normalized spacial score (nSPS) is 25.8. The smallest absolute Gasteiger partial charge is 0.226 e. The van der Waals surface area contributed by atoms with Gasteiger partial charge in [-0.1, -0.05) is 13.0 Å². The molecule has 1 amide bonds. The van der Waals surface area contributed by atoms with Crippen molar-refractivity contribution in [3.05, 3.63) is 35.4 Å². The summed E-state index contributed by atoms with van der Waals surface area (Å²) in [5.41, 5.74) is 0.0850. The van der Waals surface area contributed by atoms with Crippen LogP contribution in [-0.4, -0.2) is 36.5 Å². The Kier molecular flexibility index (Phi) is 5.98. The molecule has 0 aromatic heterocycles. The second kappa shape index (κ2) is 7.58. The van der Waals surface area contributed by atoms with Gasteiger partial charge in [0.05, 0.1) is 0 Å². The Morgan fingerprint density at radius 2 is 2.04 bits per heavy atom. The summed E-state index contributed by atoms with van der Waals surface area (Å²) in [6.45, 7) is 4.50. The number of nitrogens with zero attached hydrogens (tertiary/aromatic N) is 1. The molecule has 23 heavy (non-hydrogen) atoms. The first-order valence-electron chi connectivity index (χ1n) is 8.08. The van der Waals surface area contributed by atoms with Gasteiger partial charge in [0.15, 0.2) is 0 Å². The molecule has 0 radical (unpaired) electrons. The van der Waals surface area contributed by atoms with Crippen LogP contribution in [0, 0.1) is 17.6 Å². The molecule has 2 fully saturated rings. The highest BCUT2D eigenvalue weighted by Gasteiger charge is 2.49. The Hall–Kier alpha value is -1.20. The number of benzene rings is 1. The van der Waals surface area contributed by atoms with Crippen LogP contribution in [0.1, 0.15) is 37.7 Å². The summed E-state index contributed by atoms with van der Waals surface area (Å²) < 4.78 is 27.7. The van der Waals surface area contributed by atoms with Gasteiger partial charge in [-0.15, -0.1) is 12.4 Å². The quantitative estimate of drug-likeness (QED) is 0.890. The first-order chi connectivity index (χ1) is 10.6. The van der Waals surface area contributed by atoms with Crippen molar-refractivity contribution < 1.29 is 13.6 Å². The van der Waals surface area contributed by atoms with Crippen molar-refractivity contribution >= 4 is 18.3 Å². The van der Waals surface area contributed by atoms with Crippen molar-refractivity contribution in [3.63, 3.8) is 0 Å². The SMILES string of the molecule is CCCN(C(=O)C1CC1c1c(F)cccc1F)C1CCNC1.Cl. The number of rotatable bonds is 5. The lowest BCUT2D eigenvalue weighted by Gasteiger charge is -2.28. The van der Waals surface area contributed by atoms with Crippen LogP contribution in [0.2, 0.25) is 0 Å². The van der Waals surface area contributed by atoms with Crippen LogP contribution >= 0.6 is 12.4 Å². The molecule has 1 aliphatic carbocycles. The van der Waals surface area contributed by atoms with E-state index in [0.29, 0.717) is 13.0 Å². The molecule has 0 spiro atoms. The molecule has 1 N–H and O–H groups in total. The van der Waals surface area contributed by atoms with Crippen LogP contribution in [0.15, 0.2) is 18.2 Å². The van der Waals surface area contributed by atoms with Crippen molar-refractivity contribution in [1.82, 2.24) is 10.2 Å². The number of nitrogens with one attached hydrogen (secondary N) is 1. The Balaban J connectivity index is 0.00000192. The van der Waals surface area contributed by atoms with E-state index in [1.807, 2.05) is 11.8 Å². The fourth-order valence-corrected chi connectivity index (χ4v) is 3.48. The summed E-state index contributed by atoms with van der Waals surface area (Å²) in [5, 5.41) is 3.27. The van der Waals surface area contributed by atoms with Crippen LogP contribution in [0.4, 0.5) is 8.78 Å². The second-order valence-electron chi connectivity index (χ2n) is 6.26. The second-order valence-corrected chi connectivity index (χ2v) is 6.26. The van der Waals surface area contributed by atoms with E-state index in [9.17, 15) is 13.6 Å². The molecule has 1 saturated heterocycles. The van der Waals surface area contributed by atoms with Crippen LogP contribution < -0.4 is 5.32 Å². The molecule has 1 aliphatic heterocycles. The molecule has 1 aromatic rings. The predicted molar refractivity (Wildman–Crippen MR) is 87.7 cm³/mol. The van der Waals surface area contributed by atoms with Crippen molar-refractivity contribution in [2.75, 3.05) is 19.6 Å². The monoisotopic (exact) mass is 344 g/mol. The highest BCUT2D eigenvalue weighted by molar-refractivity contribution is 5.85. The van der Waals surface area contributed by atoms with Crippen LogP contribution in [-0.2, 0) is 4.79 Å². The summed E-state index contributed by atoms with van der Waals surface area (Å²) in [6, 6.07) is 4.12. The van der Waals surface area contributed by atoms with Gasteiger partial charge in [-0.05, 0) is 37.9 Å². The zero-order valence-electron chi connectivity index (χ0n) is 13.2. The number of carbonyl (C=O) groups excluding carboxylic acids is 1. The maximum atomic E-state index is 13.9. The molecular formula is C17H23ClF2N2O. The summed E-state index contributed by atoms with van der Waals surface area (Å²) in [5.74, 6) is -1.58. The lowest BCUT2D eigenvalue weighted by Crippen LogP contribution is -2.43. The lowest BCUT2D eigenvalue weighted by molar-refractivity contribution is -0.134. The van der Waals surface area contributed by atoms with Gasteiger partial charge < -0.3 is 10.2 Å². The third-order valence-corrected chi connectivity index (χ3v) is 4.70. The highest BCUT2D eigenvalue weighted by Crippen LogP contribution is 2.50. The van der Waals surface area contributed by atoms with Gasteiger partial charge in [-0.3, -0.25) is 4.79 Å². The summed E-state index contributed by atoms with van der Waals surface area (Å²) in [4.78, 5) is 14.7. The van der Waals surface area contributed by atoms with Crippen LogP contribution in [0.25, 0.3) is 0 Å². The molecule has 3 nitrogen and oxygen atoms in total. The molecule has 6 heteroatoms. The van der Waals surface area contributed by atoms with E-state index >= 15 is 0 Å². The molecule has 3 unspecified atom stereocenters. The molecule has 1 saturated carbocycles. The molecule has 3 atom stereocenters. The summed E-state index contributed by atoms with van der Waals surface area (Å²) in [6.07, 6.45) is 2.40. The molecule has 2 aliphatic rings. The van der Waals surface area contributed by atoms with E-state index in [4.69, 9.17) is 0 Å². The zero-order chi connectivity index (χ0) is 15.7. The lowest BCUT2D eigenvalue weighted by atomic mass is 10.1. The van der Waals surface area contributed by atoms with Crippen molar-refractivity contribution in [2.45, 2.75) is 38.1 Å². The molecule has 3 rings (SSSR count). The molecular weight excluding hydrogens is 322 g/mol. The van der Waals surface area contributed by atoms with Gasteiger partial charge in [0, 0.05) is 36.5 Å². The van der Waals surface area contributed by atoms with Crippen LogP contribution in [0.5, 0.6) is 0 Å². The number of hydrogen-bond donors (Lipinski definition) is 1. The number of amides is 1. The van der Waals surface area contributed by atoms with E-state index in [-0.39, 0.29) is 41.8 Å². The van der Waals surface area contributed by atoms with Crippen LogP contribution in [0.3, 0.4) is 0 Å². The molecule has 0 bridgehead atoms. The van der Waals surface area contributed by atoms with Gasteiger partial charge in [-0.25, -0.2) is 8.78 Å². The minimum Gasteiger partial charge on any atom is -0.338 e. The minimum absolute atomic E-state index is 0. The third kappa shape index (κ3) is 3.66. The molecule has 1 heterocycles. The number of hydrogen-bond acceptors (Lipinski definition) is 2. The van der Waals surface area contributed by atoms with E-state index < -0.39 is 11.6 Å². The zero-order valence-corrected chi connectivity index (χ0v) is 14.0. The summed E-state index contributed by atoms with van der Waals surface area (Å²) in [7, 11) is 0. The van der Waals surface area contributed by atoms with Gasteiger partial charge in [0.1, 0.15) is 11.6 Å². The maximum Gasteiger partial charge on any atom is 0.226 e. The maximum absolute atomic E-state index is 13.9.